The molecule has 3 N–H and O–H groups in total. The fraction of sp³-hybridized carbons (Fsp3) is 0.444. The first-order valence-corrected chi connectivity index (χ1v) is 12.6. The molecular formula is C27H30FN5O3. The van der Waals surface area contributed by atoms with Crippen LogP contribution in [0, 0.1) is 18.2 Å². The molecule has 0 bridgehead atoms. The number of carbonyl (C=O) groups excluding carboxylic acids is 1. The van der Waals surface area contributed by atoms with Crippen molar-refractivity contribution in [3.8, 4) is 17.0 Å². The molecule has 1 amide bonds. The summed E-state index contributed by atoms with van der Waals surface area (Å²) in [6.45, 7) is 5.38. The lowest BCUT2D eigenvalue weighted by atomic mass is 9.62. The van der Waals surface area contributed by atoms with E-state index in [1.807, 2.05) is 6.92 Å². The number of hydrogen-bond acceptors (Lipinski definition) is 7. The van der Waals surface area contributed by atoms with E-state index in [1.54, 1.807) is 24.5 Å². The highest BCUT2D eigenvalue weighted by Gasteiger charge is 2.46. The van der Waals surface area contributed by atoms with E-state index in [4.69, 9.17) is 9.47 Å². The number of pyridine rings is 2. The zero-order valence-corrected chi connectivity index (χ0v) is 20.3. The van der Waals surface area contributed by atoms with Gasteiger partial charge >= 0.3 is 6.09 Å². The molecule has 1 aromatic carbocycles. The Hall–Kier alpha value is -3.46. The summed E-state index contributed by atoms with van der Waals surface area (Å²) in [6, 6.07) is 4.97. The SMILES string of the molecule is Cc1c(-c2cc3cc(NC(=O)OC4CC5(CCNCC5)C4)ncc3cc2F)cnc2c1NCCCO2. The number of halogens is 1. The van der Waals surface area contributed by atoms with E-state index in [0.717, 1.165) is 68.4 Å². The van der Waals surface area contributed by atoms with E-state index >= 15 is 4.39 Å². The van der Waals surface area contributed by atoms with Crippen LogP contribution in [0.1, 0.15) is 37.7 Å². The van der Waals surface area contributed by atoms with Crippen LogP contribution in [0.3, 0.4) is 0 Å². The van der Waals surface area contributed by atoms with Crippen molar-refractivity contribution in [1.29, 1.82) is 0 Å². The summed E-state index contributed by atoms with van der Waals surface area (Å²) in [5.41, 5.74) is 3.13. The van der Waals surface area contributed by atoms with Gasteiger partial charge in [0.25, 0.3) is 0 Å². The van der Waals surface area contributed by atoms with Crippen molar-refractivity contribution in [3.05, 3.63) is 42.0 Å². The number of piperidine rings is 1. The fourth-order valence-electron chi connectivity index (χ4n) is 5.70. The maximum atomic E-state index is 15.1. The minimum Gasteiger partial charge on any atom is -0.476 e. The maximum Gasteiger partial charge on any atom is 0.413 e. The van der Waals surface area contributed by atoms with Gasteiger partial charge in [0.05, 0.1) is 6.61 Å². The third-order valence-electron chi connectivity index (χ3n) is 7.75. The zero-order valence-electron chi connectivity index (χ0n) is 20.3. The smallest absolute Gasteiger partial charge is 0.413 e. The number of anilines is 2. The summed E-state index contributed by atoms with van der Waals surface area (Å²) in [7, 11) is 0. The molecule has 9 heteroatoms. The Morgan fingerprint density at radius 3 is 2.78 bits per heavy atom. The molecule has 2 fully saturated rings. The summed E-state index contributed by atoms with van der Waals surface area (Å²) >= 11 is 0. The molecule has 1 saturated heterocycles. The third kappa shape index (κ3) is 4.32. The molecule has 2 aromatic heterocycles. The van der Waals surface area contributed by atoms with Crippen LogP contribution < -0.4 is 20.7 Å². The largest absolute Gasteiger partial charge is 0.476 e. The molecule has 36 heavy (non-hydrogen) atoms. The molecule has 8 nitrogen and oxygen atoms in total. The average Bonchev–Trinajstić information content (AvgIpc) is 3.10. The van der Waals surface area contributed by atoms with E-state index in [-0.39, 0.29) is 11.9 Å². The molecule has 3 aromatic rings. The predicted octanol–water partition coefficient (Wildman–Crippen LogP) is 5.02. The van der Waals surface area contributed by atoms with Crippen LogP contribution in [0.15, 0.2) is 30.6 Å². The lowest BCUT2D eigenvalue weighted by Gasteiger charge is -2.49. The van der Waals surface area contributed by atoms with Crippen LogP contribution in [0.25, 0.3) is 21.9 Å². The number of nitrogens with zero attached hydrogens (tertiary/aromatic N) is 2. The van der Waals surface area contributed by atoms with Crippen molar-refractivity contribution >= 4 is 28.4 Å². The summed E-state index contributed by atoms with van der Waals surface area (Å²) in [5, 5.41) is 10.9. The normalized spacial score (nSPS) is 18.9. The lowest BCUT2D eigenvalue weighted by molar-refractivity contribution is -0.0539. The van der Waals surface area contributed by atoms with Gasteiger partial charge in [-0.15, -0.1) is 0 Å². The van der Waals surface area contributed by atoms with E-state index in [9.17, 15) is 4.79 Å². The summed E-state index contributed by atoms with van der Waals surface area (Å²) < 4.78 is 26.5. The maximum absolute atomic E-state index is 15.1. The molecule has 2 aliphatic heterocycles. The first-order chi connectivity index (χ1) is 17.5. The number of hydrogen-bond donors (Lipinski definition) is 3. The number of benzene rings is 1. The van der Waals surface area contributed by atoms with Crippen molar-refractivity contribution in [3.63, 3.8) is 0 Å². The Morgan fingerprint density at radius 1 is 1.11 bits per heavy atom. The van der Waals surface area contributed by atoms with E-state index in [0.29, 0.717) is 40.2 Å². The molecule has 0 atom stereocenters. The summed E-state index contributed by atoms with van der Waals surface area (Å²) in [6.07, 6.45) is 7.65. The molecule has 1 aliphatic carbocycles. The quantitative estimate of drug-likeness (QED) is 0.473. The van der Waals surface area contributed by atoms with Crippen molar-refractivity contribution in [2.24, 2.45) is 5.41 Å². The molecule has 188 valence electrons. The second-order valence-corrected chi connectivity index (χ2v) is 10.2. The van der Waals surface area contributed by atoms with Crippen molar-refractivity contribution < 1.29 is 18.7 Å². The number of nitrogens with one attached hydrogen (secondary N) is 3. The Labute approximate surface area is 209 Å². The summed E-state index contributed by atoms with van der Waals surface area (Å²) in [4.78, 5) is 21.2. The summed E-state index contributed by atoms with van der Waals surface area (Å²) in [5.74, 6) is 0.551. The third-order valence-corrected chi connectivity index (χ3v) is 7.75. The minimum absolute atomic E-state index is 0.0504. The number of rotatable bonds is 3. The first-order valence-electron chi connectivity index (χ1n) is 12.6. The van der Waals surface area contributed by atoms with Crippen LogP contribution in [0.5, 0.6) is 5.88 Å². The standard InChI is InChI=1S/C27H30FN5O3/c1-16-21(15-32-25-24(16)30-5-2-8-35-25)20-9-17-11-23(31-14-18(17)10-22(20)28)33-26(34)36-19-12-27(13-19)3-6-29-7-4-27/h9-11,14-15,19,29-30H,2-8,12-13H2,1H3,(H,31,33,34). The van der Waals surface area contributed by atoms with Crippen LogP contribution in [0.4, 0.5) is 20.7 Å². The van der Waals surface area contributed by atoms with Crippen molar-refractivity contribution in [2.45, 2.75) is 45.1 Å². The van der Waals surface area contributed by atoms with Gasteiger partial charge in [-0.25, -0.2) is 19.2 Å². The molecule has 1 spiro atoms. The van der Waals surface area contributed by atoms with E-state index in [1.165, 1.54) is 6.07 Å². The second kappa shape index (κ2) is 9.20. The monoisotopic (exact) mass is 491 g/mol. The molecule has 1 saturated carbocycles. The van der Waals surface area contributed by atoms with Gasteiger partial charge in [0.1, 0.15) is 23.4 Å². The predicted molar refractivity (Wildman–Crippen MR) is 136 cm³/mol. The second-order valence-electron chi connectivity index (χ2n) is 10.2. The van der Waals surface area contributed by atoms with Crippen LogP contribution in [-0.4, -0.2) is 48.4 Å². The van der Waals surface area contributed by atoms with Gasteiger partial charge in [0.15, 0.2) is 0 Å². The molecule has 3 aliphatic rings. The molecule has 4 heterocycles. The van der Waals surface area contributed by atoms with Gasteiger partial charge in [0, 0.05) is 35.5 Å². The van der Waals surface area contributed by atoms with E-state index in [2.05, 4.69) is 25.9 Å². The number of amides is 1. The first kappa shape index (κ1) is 23.0. The van der Waals surface area contributed by atoms with Gasteiger partial charge in [-0.1, -0.05) is 0 Å². The molecular weight excluding hydrogens is 461 g/mol. The molecule has 6 rings (SSSR count). The Balaban J connectivity index is 1.20. The number of ether oxygens (including phenoxy) is 2. The van der Waals surface area contributed by atoms with Crippen LogP contribution >= 0.6 is 0 Å². The van der Waals surface area contributed by atoms with Crippen molar-refractivity contribution in [2.75, 3.05) is 36.9 Å². The Kier molecular flexibility index (Phi) is 5.87. The molecule has 0 unspecified atom stereocenters. The number of aromatic nitrogens is 2. The topological polar surface area (TPSA) is 97.4 Å². The fourth-order valence-corrected chi connectivity index (χ4v) is 5.70. The Bertz CT molecular complexity index is 1320. The minimum atomic E-state index is -0.505. The number of carbonyl (C=O) groups is 1. The van der Waals surface area contributed by atoms with Gasteiger partial charge in [-0.05, 0) is 86.7 Å². The van der Waals surface area contributed by atoms with Gasteiger partial charge < -0.3 is 20.1 Å². The van der Waals surface area contributed by atoms with Crippen LogP contribution in [-0.2, 0) is 4.74 Å². The van der Waals surface area contributed by atoms with Gasteiger partial charge in [-0.3, -0.25) is 5.32 Å². The highest BCUT2D eigenvalue weighted by atomic mass is 19.1. The van der Waals surface area contributed by atoms with Gasteiger partial charge in [-0.2, -0.15) is 0 Å². The highest BCUT2D eigenvalue weighted by Crippen LogP contribution is 2.49. The number of fused-ring (bicyclic) bond motifs is 2. The zero-order chi connectivity index (χ0) is 24.7. The van der Waals surface area contributed by atoms with Gasteiger partial charge in [0.2, 0.25) is 5.88 Å². The van der Waals surface area contributed by atoms with E-state index < -0.39 is 6.09 Å². The lowest BCUT2D eigenvalue weighted by Crippen LogP contribution is -2.49. The average molecular weight is 492 g/mol. The van der Waals surface area contributed by atoms with Crippen LogP contribution in [0.2, 0.25) is 0 Å². The molecule has 0 radical (unpaired) electrons. The Morgan fingerprint density at radius 2 is 1.94 bits per heavy atom. The highest BCUT2D eigenvalue weighted by molar-refractivity contribution is 5.92. The van der Waals surface area contributed by atoms with Crippen molar-refractivity contribution in [1.82, 2.24) is 15.3 Å².